The molecule has 1 fully saturated rings. The molecule has 1 aliphatic heterocycles. The van der Waals surface area contributed by atoms with Crippen LogP contribution in [0.5, 0.6) is 0 Å². The second-order valence-electron chi connectivity index (χ2n) is 5.60. The molecule has 108 valence electrons. The Labute approximate surface area is 118 Å². The highest BCUT2D eigenvalue weighted by molar-refractivity contribution is 5.92. The lowest BCUT2D eigenvalue weighted by Crippen LogP contribution is -2.35. The number of nitriles is 1. The molecule has 1 aromatic rings. The fourth-order valence-corrected chi connectivity index (χ4v) is 2.39. The van der Waals surface area contributed by atoms with Gasteiger partial charge in [0.05, 0.1) is 12.1 Å². The summed E-state index contributed by atoms with van der Waals surface area (Å²) in [4.78, 5) is 13.8. The van der Waals surface area contributed by atoms with Crippen LogP contribution < -0.4 is 5.32 Å². The van der Waals surface area contributed by atoms with Gasteiger partial charge in [-0.15, -0.1) is 0 Å². The Morgan fingerprint density at radius 2 is 2.30 bits per heavy atom. The Bertz CT molecular complexity index is 569. The lowest BCUT2D eigenvalue weighted by molar-refractivity contribution is -0.117. The van der Waals surface area contributed by atoms with Crippen LogP contribution >= 0.6 is 0 Å². The molecule has 2 N–H and O–H groups in total. The van der Waals surface area contributed by atoms with E-state index < -0.39 is 5.60 Å². The molecule has 1 aromatic heterocycles. The minimum Gasteiger partial charge on any atom is -0.444 e. The number of carbonyl (C=O) groups excluding carboxylic acids is 1. The minimum absolute atomic E-state index is 0.180. The first-order valence-electron chi connectivity index (χ1n) is 6.57. The Hall–Kier alpha value is -1.84. The van der Waals surface area contributed by atoms with Crippen LogP contribution in [0.25, 0.3) is 0 Å². The van der Waals surface area contributed by atoms with Crippen LogP contribution in [0.3, 0.4) is 0 Å². The summed E-state index contributed by atoms with van der Waals surface area (Å²) >= 11 is 0. The number of aliphatic hydroxyl groups is 1. The normalized spacial score (nSPS) is 22.8. The van der Waals surface area contributed by atoms with Crippen molar-refractivity contribution in [3.8, 4) is 6.07 Å². The maximum atomic E-state index is 12.0. The standard InChI is InChI=1S/C14H19N3O3/c1-9-10(2)20-13(11(9)6-15)16-12(18)7-17-5-4-14(3,19)8-17/h19H,4-5,7-8H2,1-3H3,(H,16,18). The Morgan fingerprint density at radius 3 is 2.85 bits per heavy atom. The number of rotatable bonds is 3. The third kappa shape index (κ3) is 3.00. The van der Waals surface area contributed by atoms with Gasteiger partial charge in [-0.3, -0.25) is 15.0 Å². The zero-order chi connectivity index (χ0) is 14.9. The second-order valence-corrected chi connectivity index (χ2v) is 5.60. The summed E-state index contributed by atoms with van der Waals surface area (Å²) in [6.07, 6.45) is 0.655. The molecule has 0 aromatic carbocycles. The zero-order valence-corrected chi connectivity index (χ0v) is 12.0. The summed E-state index contributed by atoms with van der Waals surface area (Å²) in [7, 11) is 0. The van der Waals surface area contributed by atoms with E-state index in [1.165, 1.54) is 0 Å². The van der Waals surface area contributed by atoms with Gasteiger partial charge in [-0.05, 0) is 27.2 Å². The Balaban J connectivity index is 1.99. The number of likely N-dealkylation sites (tertiary alicyclic amines) is 1. The average Bonchev–Trinajstić information content (AvgIpc) is 2.80. The van der Waals surface area contributed by atoms with Crippen molar-refractivity contribution in [2.75, 3.05) is 25.0 Å². The third-order valence-electron chi connectivity index (χ3n) is 3.65. The molecule has 0 radical (unpaired) electrons. The van der Waals surface area contributed by atoms with Crippen LogP contribution in [0.1, 0.15) is 30.2 Å². The minimum atomic E-state index is -0.726. The summed E-state index contributed by atoms with van der Waals surface area (Å²) in [6.45, 7) is 6.63. The highest BCUT2D eigenvalue weighted by atomic mass is 16.4. The molecule has 0 bridgehead atoms. The van der Waals surface area contributed by atoms with Gasteiger partial charge in [-0.25, -0.2) is 0 Å². The number of aryl methyl sites for hydroxylation is 1. The maximum Gasteiger partial charge on any atom is 0.240 e. The van der Waals surface area contributed by atoms with Gasteiger partial charge in [0.25, 0.3) is 0 Å². The smallest absolute Gasteiger partial charge is 0.240 e. The van der Waals surface area contributed by atoms with Gasteiger partial charge < -0.3 is 9.52 Å². The lowest BCUT2D eigenvalue weighted by atomic mass is 10.1. The fourth-order valence-electron chi connectivity index (χ4n) is 2.39. The van der Waals surface area contributed by atoms with E-state index in [0.29, 0.717) is 30.8 Å². The van der Waals surface area contributed by atoms with Gasteiger partial charge in [-0.1, -0.05) is 0 Å². The zero-order valence-electron chi connectivity index (χ0n) is 12.0. The predicted octanol–water partition coefficient (Wildman–Crippen LogP) is 1.16. The van der Waals surface area contributed by atoms with E-state index in [9.17, 15) is 9.90 Å². The molecule has 2 heterocycles. The molecule has 6 nitrogen and oxygen atoms in total. The monoisotopic (exact) mass is 277 g/mol. The number of amides is 1. The molecule has 6 heteroatoms. The molecule has 0 aliphatic carbocycles. The van der Waals surface area contributed by atoms with Crippen molar-refractivity contribution >= 4 is 11.8 Å². The van der Waals surface area contributed by atoms with Gasteiger partial charge in [-0.2, -0.15) is 5.26 Å². The summed E-state index contributed by atoms with van der Waals surface area (Å²) in [5.74, 6) is 0.590. The number of hydrogen-bond donors (Lipinski definition) is 2. The first-order valence-corrected chi connectivity index (χ1v) is 6.57. The maximum absolute atomic E-state index is 12.0. The topological polar surface area (TPSA) is 89.5 Å². The predicted molar refractivity (Wildman–Crippen MR) is 73.2 cm³/mol. The molecule has 1 saturated heterocycles. The average molecular weight is 277 g/mol. The number of furan rings is 1. The van der Waals surface area contributed by atoms with Crippen LogP contribution in [-0.2, 0) is 4.79 Å². The second kappa shape index (κ2) is 5.27. The number of hydrogen-bond acceptors (Lipinski definition) is 5. The summed E-state index contributed by atoms with van der Waals surface area (Å²) < 4.78 is 5.39. The Kier molecular flexibility index (Phi) is 3.84. The summed E-state index contributed by atoms with van der Waals surface area (Å²) in [5.41, 5.74) is 0.381. The molecular formula is C14H19N3O3. The highest BCUT2D eigenvalue weighted by Crippen LogP contribution is 2.25. The number of nitrogens with one attached hydrogen (secondary N) is 1. The van der Waals surface area contributed by atoms with E-state index >= 15 is 0 Å². The highest BCUT2D eigenvalue weighted by Gasteiger charge is 2.32. The van der Waals surface area contributed by atoms with Crippen molar-refractivity contribution in [2.24, 2.45) is 0 Å². The van der Waals surface area contributed by atoms with Crippen molar-refractivity contribution in [1.29, 1.82) is 5.26 Å². The van der Waals surface area contributed by atoms with E-state index in [1.54, 1.807) is 20.8 Å². The van der Waals surface area contributed by atoms with E-state index in [1.807, 2.05) is 11.0 Å². The molecule has 0 saturated carbocycles. The fraction of sp³-hybridized carbons (Fsp3) is 0.571. The molecule has 1 atom stereocenters. The van der Waals surface area contributed by atoms with Crippen LogP contribution in [-0.4, -0.2) is 41.1 Å². The van der Waals surface area contributed by atoms with Crippen LogP contribution in [0.2, 0.25) is 0 Å². The van der Waals surface area contributed by atoms with Crippen LogP contribution in [0.4, 0.5) is 5.88 Å². The van der Waals surface area contributed by atoms with Crippen molar-refractivity contribution < 1.29 is 14.3 Å². The van der Waals surface area contributed by atoms with Gasteiger partial charge in [0.1, 0.15) is 17.4 Å². The molecule has 0 spiro atoms. The van der Waals surface area contributed by atoms with Gasteiger partial charge in [0.2, 0.25) is 11.8 Å². The molecule has 1 amide bonds. The SMILES string of the molecule is Cc1oc(NC(=O)CN2CCC(C)(O)C2)c(C#N)c1C. The number of nitrogens with zero attached hydrogens (tertiary/aromatic N) is 2. The van der Waals surface area contributed by atoms with Crippen molar-refractivity contribution in [3.05, 3.63) is 16.9 Å². The van der Waals surface area contributed by atoms with Gasteiger partial charge >= 0.3 is 0 Å². The van der Waals surface area contributed by atoms with E-state index in [2.05, 4.69) is 5.32 Å². The van der Waals surface area contributed by atoms with Crippen molar-refractivity contribution in [2.45, 2.75) is 32.8 Å². The summed E-state index contributed by atoms with van der Waals surface area (Å²) in [5, 5.41) is 21.6. The van der Waals surface area contributed by atoms with E-state index in [-0.39, 0.29) is 18.3 Å². The molecule has 20 heavy (non-hydrogen) atoms. The first kappa shape index (κ1) is 14.6. The van der Waals surface area contributed by atoms with E-state index in [4.69, 9.17) is 9.68 Å². The number of anilines is 1. The number of β-amino-alcohol motifs (C(OH)–C–C–N with tert-alkyl or cyclic N) is 1. The lowest BCUT2D eigenvalue weighted by Gasteiger charge is -2.17. The van der Waals surface area contributed by atoms with Crippen molar-refractivity contribution in [3.63, 3.8) is 0 Å². The molecule has 1 unspecified atom stereocenters. The first-order chi connectivity index (χ1) is 9.32. The van der Waals surface area contributed by atoms with Gasteiger partial charge in [0.15, 0.2) is 0 Å². The molecular weight excluding hydrogens is 258 g/mol. The Morgan fingerprint density at radius 1 is 1.60 bits per heavy atom. The van der Waals surface area contributed by atoms with Crippen LogP contribution in [0, 0.1) is 25.2 Å². The molecule has 1 aliphatic rings. The third-order valence-corrected chi connectivity index (χ3v) is 3.65. The van der Waals surface area contributed by atoms with Crippen LogP contribution in [0.15, 0.2) is 4.42 Å². The largest absolute Gasteiger partial charge is 0.444 e. The summed E-state index contributed by atoms with van der Waals surface area (Å²) in [6, 6.07) is 2.03. The number of carbonyl (C=O) groups is 1. The van der Waals surface area contributed by atoms with Gasteiger partial charge in [0, 0.05) is 18.7 Å². The molecule has 2 rings (SSSR count). The van der Waals surface area contributed by atoms with E-state index in [0.717, 1.165) is 5.56 Å². The quantitative estimate of drug-likeness (QED) is 0.865. The van der Waals surface area contributed by atoms with Crippen molar-refractivity contribution in [1.82, 2.24) is 4.90 Å².